The van der Waals surface area contributed by atoms with Crippen molar-refractivity contribution < 1.29 is 0 Å². The summed E-state index contributed by atoms with van der Waals surface area (Å²) in [7, 11) is 0. The molecule has 0 radical (unpaired) electrons. The minimum absolute atomic E-state index is 0.894. The maximum atomic E-state index is 3.38. The van der Waals surface area contributed by atoms with Crippen LogP contribution in [0, 0.1) is 6.92 Å². The van der Waals surface area contributed by atoms with Crippen LogP contribution in [-0.4, -0.2) is 10.3 Å². The molecule has 0 spiro atoms. The number of aromatic nitrogens is 1. The fourth-order valence-electron chi connectivity index (χ4n) is 1.70. The van der Waals surface area contributed by atoms with Crippen LogP contribution in [0.15, 0.2) is 30.5 Å². The highest BCUT2D eigenvalue weighted by molar-refractivity contribution is 9.09. The Balaban J connectivity index is 2.61. The number of halogens is 1. The average molecular weight is 250 g/mol. The highest BCUT2D eigenvalue weighted by atomic mass is 79.9. The summed E-state index contributed by atoms with van der Waals surface area (Å²) in [5.41, 5.74) is 3.79. The van der Waals surface area contributed by atoms with Crippen LogP contribution in [0.4, 0.5) is 0 Å². The highest BCUT2D eigenvalue weighted by Crippen LogP contribution is 2.22. The average Bonchev–Trinajstić information content (AvgIpc) is 2.59. The van der Waals surface area contributed by atoms with E-state index in [1.54, 1.807) is 0 Å². The van der Waals surface area contributed by atoms with Gasteiger partial charge in [0, 0.05) is 22.4 Å². The van der Waals surface area contributed by atoms with Crippen molar-refractivity contribution in [3.63, 3.8) is 0 Å². The van der Waals surface area contributed by atoms with E-state index in [4.69, 9.17) is 0 Å². The molecule has 1 heterocycles. The van der Waals surface area contributed by atoms with Gasteiger partial charge in [0.25, 0.3) is 0 Å². The van der Waals surface area contributed by atoms with E-state index >= 15 is 0 Å². The third-order valence-electron chi connectivity index (χ3n) is 2.33. The molecule has 0 amide bonds. The second-order valence-corrected chi connectivity index (χ2v) is 3.95. The van der Waals surface area contributed by atoms with Gasteiger partial charge >= 0.3 is 0 Å². The van der Waals surface area contributed by atoms with Crippen LogP contribution in [0.5, 0.6) is 0 Å². The van der Waals surface area contributed by atoms with Gasteiger partial charge in [-0.1, -0.05) is 40.2 Å². The smallest absolute Gasteiger partial charge is 0.0462 e. The lowest BCUT2D eigenvalue weighted by atomic mass is 10.1. The standard InChI is InChI=1S/C12H12BrN/c1-9-4-2-6-11-12(9)10(8-14-11)5-3-7-13/h2-6,8,14H,7H2,1H3. The van der Waals surface area contributed by atoms with Crippen LogP contribution in [0.3, 0.4) is 0 Å². The van der Waals surface area contributed by atoms with E-state index in [2.05, 4.69) is 64.4 Å². The first kappa shape index (κ1) is 9.53. The monoisotopic (exact) mass is 249 g/mol. The summed E-state index contributed by atoms with van der Waals surface area (Å²) >= 11 is 3.38. The van der Waals surface area contributed by atoms with Gasteiger partial charge in [0.2, 0.25) is 0 Å². The molecule has 0 aliphatic heterocycles. The van der Waals surface area contributed by atoms with Gasteiger partial charge in [-0.15, -0.1) is 0 Å². The maximum absolute atomic E-state index is 3.38. The van der Waals surface area contributed by atoms with Crippen LogP contribution in [0.2, 0.25) is 0 Å². The van der Waals surface area contributed by atoms with E-state index in [1.807, 2.05) is 0 Å². The van der Waals surface area contributed by atoms with E-state index in [9.17, 15) is 0 Å². The number of alkyl halides is 1. The first-order valence-corrected chi connectivity index (χ1v) is 5.74. The van der Waals surface area contributed by atoms with Gasteiger partial charge in [0.15, 0.2) is 0 Å². The van der Waals surface area contributed by atoms with Crippen molar-refractivity contribution in [2.45, 2.75) is 6.92 Å². The molecule has 0 aliphatic carbocycles. The van der Waals surface area contributed by atoms with E-state index in [1.165, 1.54) is 22.0 Å². The summed E-state index contributed by atoms with van der Waals surface area (Å²) in [5.74, 6) is 0. The number of aryl methyl sites for hydroxylation is 1. The van der Waals surface area contributed by atoms with Crippen molar-refractivity contribution in [1.29, 1.82) is 0 Å². The molecule has 2 aromatic rings. The Morgan fingerprint density at radius 2 is 2.29 bits per heavy atom. The SMILES string of the molecule is Cc1cccc2[nH]cc(C=CCBr)c12. The number of H-pyrrole nitrogens is 1. The zero-order valence-electron chi connectivity index (χ0n) is 8.05. The van der Waals surface area contributed by atoms with Gasteiger partial charge < -0.3 is 4.98 Å². The molecule has 2 rings (SSSR count). The Bertz CT molecular complexity index is 468. The predicted molar refractivity (Wildman–Crippen MR) is 65.9 cm³/mol. The summed E-state index contributed by atoms with van der Waals surface area (Å²) in [5, 5.41) is 2.22. The molecule has 0 unspecified atom stereocenters. The van der Waals surface area contributed by atoms with Crippen LogP contribution in [0.1, 0.15) is 11.1 Å². The van der Waals surface area contributed by atoms with Crippen molar-refractivity contribution in [1.82, 2.24) is 4.98 Å². The number of allylic oxidation sites excluding steroid dienone is 1. The van der Waals surface area contributed by atoms with Gasteiger partial charge in [-0.25, -0.2) is 0 Å². The summed E-state index contributed by atoms with van der Waals surface area (Å²) in [6, 6.07) is 6.32. The van der Waals surface area contributed by atoms with E-state index in [0.29, 0.717) is 0 Å². The molecule has 0 aliphatic rings. The largest absolute Gasteiger partial charge is 0.361 e. The van der Waals surface area contributed by atoms with Crippen molar-refractivity contribution in [3.8, 4) is 0 Å². The second-order valence-electron chi connectivity index (χ2n) is 3.30. The van der Waals surface area contributed by atoms with Crippen molar-refractivity contribution >= 4 is 32.9 Å². The molecule has 0 saturated heterocycles. The minimum Gasteiger partial charge on any atom is -0.361 e. The number of hydrogen-bond acceptors (Lipinski definition) is 0. The van der Waals surface area contributed by atoms with Crippen molar-refractivity contribution in [2.24, 2.45) is 0 Å². The second kappa shape index (κ2) is 4.01. The van der Waals surface area contributed by atoms with Gasteiger partial charge in [0.05, 0.1) is 0 Å². The van der Waals surface area contributed by atoms with Crippen molar-refractivity contribution in [3.05, 3.63) is 41.6 Å². The minimum atomic E-state index is 0.894. The molecule has 1 aromatic heterocycles. The summed E-state index contributed by atoms with van der Waals surface area (Å²) in [4.78, 5) is 3.27. The molecule has 0 saturated carbocycles. The molecule has 0 bridgehead atoms. The van der Waals surface area contributed by atoms with Gasteiger partial charge in [-0.05, 0) is 24.1 Å². The topological polar surface area (TPSA) is 15.8 Å². The number of fused-ring (bicyclic) bond motifs is 1. The van der Waals surface area contributed by atoms with Gasteiger partial charge in [0.1, 0.15) is 0 Å². The molecule has 0 atom stereocenters. The Hall–Kier alpha value is -1.02. The zero-order valence-corrected chi connectivity index (χ0v) is 9.64. The lowest BCUT2D eigenvalue weighted by molar-refractivity contribution is 1.46. The third kappa shape index (κ3) is 1.62. The number of benzene rings is 1. The highest BCUT2D eigenvalue weighted by Gasteiger charge is 2.02. The van der Waals surface area contributed by atoms with Crippen LogP contribution >= 0.6 is 15.9 Å². The number of hydrogen-bond donors (Lipinski definition) is 1. The van der Waals surface area contributed by atoms with Crippen LogP contribution in [0.25, 0.3) is 17.0 Å². The Morgan fingerprint density at radius 1 is 1.43 bits per heavy atom. The van der Waals surface area contributed by atoms with E-state index < -0.39 is 0 Å². The summed E-state index contributed by atoms with van der Waals surface area (Å²) < 4.78 is 0. The molecule has 1 nitrogen and oxygen atoms in total. The summed E-state index contributed by atoms with van der Waals surface area (Å²) in [6.45, 7) is 2.14. The van der Waals surface area contributed by atoms with Crippen LogP contribution < -0.4 is 0 Å². The van der Waals surface area contributed by atoms with Gasteiger partial charge in [-0.3, -0.25) is 0 Å². The fourth-order valence-corrected chi connectivity index (χ4v) is 1.89. The molecule has 72 valence electrons. The Kier molecular flexibility index (Phi) is 2.73. The molecule has 1 N–H and O–H groups in total. The number of rotatable bonds is 2. The molecular weight excluding hydrogens is 238 g/mol. The maximum Gasteiger partial charge on any atom is 0.0462 e. The first-order valence-electron chi connectivity index (χ1n) is 4.62. The normalized spacial score (nSPS) is 11.6. The lowest BCUT2D eigenvalue weighted by Crippen LogP contribution is -1.75. The quantitative estimate of drug-likeness (QED) is 0.778. The molecule has 0 fully saturated rings. The van der Waals surface area contributed by atoms with E-state index in [0.717, 1.165) is 5.33 Å². The molecule has 2 heteroatoms. The Labute approximate surface area is 92.0 Å². The predicted octanol–water partition coefficient (Wildman–Crippen LogP) is 3.88. The molecular formula is C12H12BrN. The number of aromatic amines is 1. The van der Waals surface area contributed by atoms with Crippen LogP contribution in [-0.2, 0) is 0 Å². The fraction of sp³-hybridized carbons (Fsp3) is 0.167. The van der Waals surface area contributed by atoms with Crippen molar-refractivity contribution in [2.75, 3.05) is 5.33 Å². The Morgan fingerprint density at radius 3 is 3.07 bits per heavy atom. The summed E-state index contributed by atoms with van der Waals surface area (Å²) in [6.07, 6.45) is 6.30. The lowest BCUT2D eigenvalue weighted by Gasteiger charge is -1.96. The van der Waals surface area contributed by atoms with E-state index in [-0.39, 0.29) is 0 Å². The first-order chi connectivity index (χ1) is 6.83. The van der Waals surface area contributed by atoms with Gasteiger partial charge in [-0.2, -0.15) is 0 Å². The zero-order chi connectivity index (χ0) is 9.97. The molecule has 14 heavy (non-hydrogen) atoms. The molecule has 1 aromatic carbocycles. The third-order valence-corrected chi connectivity index (χ3v) is 2.70. The number of nitrogens with one attached hydrogen (secondary N) is 1.